The van der Waals surface area contributed by atoms with Crippen molar-refractivity contribution in [3.8, 4) is 22.9 Å². The van der Waals surface area contributed by atoms with Crippen LogP contribution in [0.5, 0.6) is 11.5 Å². The van der Waals surface area contributed by atoms with Crippen LogP contribution in [-0.4, -0.2) is 27.7 Å². The Morgan fingerprint density at radius 3 is 1.70 bits per heavy atom. The highest BCUT2D eigenvalue weighted by molar-refractivity contribution is 5.61. The lowest BCUT2D eigenvalue weighted by atomic mass is 10.2. The van der Waals surface area contributed by atoms with Gasteiger partial charge in [0.05, 0.1) is 0 Å². The Labute approximate surface area is 164 Å². The molecule has 0 saturated carbocycles. The molecule has 3 rings (SSSR count). The molecule has 0 aliphatic heterocycles. The van der Waals surface area contributed by atoms with E-state index >= 15 is 0 Å². The van der Waals surface area contributed by atoms with Gasteiger partial charge in [-0.25, -0.2) is 0 Å². The molecule has 1 aromatic heterocycles. The van der Waals surface area contributed by atoms with Crippen LogP contribution in [0.15, 0.2) is 48.5 Å². The minimum Gasteiger partial charge on any atom is -0.406 e. The SMILES string of the molecule is Nc1nc(Nc2ccc(OC(F)(F)F)cc2)nc(-c2ccc(OC(F)(F)F)cc2)n1. The van der Waals surface area contributed by atoms with Crippen LogP contribution in [0, 0.1) is 0 Å². The van der Waals surface area contributed by atoms with Crippen LogP contribution in [0.3, 0.4) is 0 Å². The van der Waals surface area contributed by atoms with Crippen molar-refractivity contribution in [2.75, 3.05) is 11.1 Å². The van der Waals surface area contributed by atoms with Crippen molar-refractivity contribution >= 4 is 17.6 Å². The second-order valence-electron chi connectivity index (χ2n) is 5.61. The number of halogens is 6. The van der Waals surface area contributed by atoms with Crippen LogP contribution in [0.4, 0.5) is 43.9 Å². The zero-order valence-corrected chi connectivity index (χ0v) is 14.6. The maximum absolute atomic E-state index is 12.2. The fourth-order valence-electron chi connectivity index (χ4n) is 2.25. The van der Waals surface area contributed by atoms with E-state index in [-0.39, 0.29) is 17.7 Å². The molecule has 3 aromatic rings. The van der Waals surface area contributed by atoms with Gasteiger partial charge in [-0.05, 0) is 48.5 Å². The molecule has 7 nitrogen and oxygen atoms in total. The van der Waals surface area contributed by atoms with E-state index in [0.29, 0.717) is 11.3 Å². The lowest BCUT2D eigenvalue weighted by molar-refractivity contribution is -0.275. The van der Waals surface area contributed by atoms with Gasteiger partial charge in [-0.1, -0.05) is 0 Å². The highest BCUT2D eigenvalue weighted by atomic mass is 19.4. The summed E-state index contributed by atoms with van der Waals surface area (Å²) in [5.74, 6) is -0.994. The maximum atomic E-state index is 12.2. The number of ether oxygens (including phenoxy) is 2. The molecule has 0 unspecified atom stereocenters. The van der Waals surface area contributed by atoms with Crippen LogP contribution in [0.1, 0.15) is 0 Å². The number of aromatic nitrogens is 3. The number of benzene rings is 2. The molecular formula is C17H11F6N5O2. The second-order valence-corrected chi connectivity index (χ2v) is 5.61. The molecule has 0 aliphatic rings. The number of alkyl halides is 6. The molecule has 0 fully saturated rings. The van der Waals surface area contributed by atoms with Crippen LogP contribution in [0.25, 0.3) is 11.4 Å². The average Bonchev–Trinajstić information content (AvgIpc) is 2.61. The molecule has 0 atom stereocenters. The van der Waals surface area contributed by atoms with Crippen molar-refractivity contribution in [3.63, 3.8) is 0 Å². The smallest absolute Gasteiger partial charge is 0.406 e. The minimum absolute atomic E-state index is 0.0300. The molecule has 0 spiro atoms. The number of nitrogens with one attached hydrogen (secondary N) is 1. The third kappa shape index (κ3) is 6.12. The van der Waals surface area contributed by atoms with Gasteiger partial charge in [0, 0.05) is 11.3 Å². The predicted octanol–water partition coefficient (Wildman–Crippen LogP) is 4.66. The quantitative estimate of drug-likeness (QED) is 0.568. The molecule has 0 amide bonds. The Balaban J connectivity index is 1.77. The van der Waals surface area contributed by atoms with Crippen LogP contribution < -0.4 is 20.5 Å². The number of nitrogens with two attached hydrogens (primary N) is 1. The predicted molar refractivity (Wildman–Crippen MR) is 92.8 cm³/mol. The van der Waals surface area contributed by atoms with Gasteiger partial charge in [0.2, 0.25) is 11.9 Å². The maximum Gasteiger partial charge on any atom is 0.573 e. The summed E-state index contributed by atoms with van der Waals surface area (Å²) in [5, 5.41) is 2.73. The van der Waals surface area contributed by atoms with Crippen LogP contribution >= 0.6 is 0 Å². The molecular weight excluding hydrogens is 420 g/mol. The Morgan fingerprint density at radius 1 is 0.700 bits per heavy atom. The van der Waals surface area contributed by atoms with Gasteiger partial charge in [-0.3, -0.25) is 0 Å². The Morgan fingerprint density at radius 2 is 1.20 bits per heavy atom. The summed E-state index contributed by atoms with van der Waals surface area (Å²) in [4.78, 5) is 11.9. The zero-order chi connectivity index (χ0) is 21.9. The summed E-state index contributed by atoms with van der Waals surface area (Å²) in [5.41, 5.74) is 6.29. The Kier molecular flexibility index (Phi) is 5.54. The Hall–Kier alpha value is -3.77. The van der Waals surface area contributed by atoms with Gasteiger partial charge in [0.1, 0.15) is 11.5 Å². The second kappa shape index (κ2) is 7.93. The number of hydrogen-bond acceptors (Lipinski definition) is 7. The summed E-state index contributed by atoms with van der Waals surface area (Å²) >= 11 is 0. The van der Waals surface area contributed by atoms with E-state index in [4.69, 9.17) is 5.73 Å². The lowest BCUT2D eigenvalue weighted by Gasteiger charge is -2.11. The first-order valence-electron chi connectivity index (χ1n) is 7.97. The van der Waals surface area contributed by atoms with Crippen molar-refractivity contribution in [1.82, 2.24) is 15.0 Å². The van der Waals surface area contributed by atoms with E-state index in [1.54, 1.807) is 0 Å². The van der Waals surface area contributed by atoms with Crippen molar-refractivity contribution in [2.45, 2.75) is 12.7 Å². The number of nitrogen functional groups attached to an aromatic ring is 1. The van der Waals surface area contributed by atoms with Gasteiger partial charge < -0.3 is 20.5 Å². The summed E-state index contributed by atoms with van der Waals surface area (Å²) in [7, 11) is 0. The van der Waals surface area contributed by atoms with Crippen LogP contribution in [-0.2, 0) is 0 Å². The zero-order valence-electron chi connectivity index (χ0n) is 14.6. The van der Waals surface area contributed by atoms with Crippen molar-refractivity contribution < 1.29 is 35.8 Å². The van der Waals surface area contributed by atoms with Crippen molar-refractivity contribution in [1.29, 1.82) is 0 Å². The largest absolute Gasteiger partial charge is 0.573 e. The minimum atomic E-state index is -4.82. The summed E-state index contributed by atoms with van der Waals surface area (Å²) in [6.45, 7) is 0. The first-order chi connectivity index (χ1) is 14.0. The topological polar surface area (TPSA) is 95.2 Å². The standard InChI is InChI=1S/C17H11F6N5O2/c18-16(19,20)29-11-5-1-9(2-6-11)13-26-14(24)28-15(27-13)25-10-3-7-12(8-4-10)30-17(21,22)23/h1-8H,(H3,24,25,26,27,28). The van der Waals surface area contributed by atoms with E-state index in [0.717, 1.165) is 24.3 Å². The number of nitrogens with zero attached hydrogens (tertiary/aromatic N) is 3. The summed E-state index contributed by atoms with van der Waals surface area (Å²) in [6.07, 6.45) is -9.63. The van der Waals surface area contributed by atoms with E-state index < -0.39 is 24.2 Å². The molecule has 158 valence electrons. The fraction of sp³-hybridized carbons (Fsp3) is 0.118. The van der Waals surface area contributed by atoms with E-state index in [9.17, 15) is 26.3 Å². The number of anilines is 3. The fourth-order valence-corrected chi connectivity index (χ4v) is 2.25. The molecule has 13 heteroatoms. The molecule has 3 N–H and O–H groups in total. The van der Waals surface area contributed by atoms with E-state index in [1.165, 1.54) is 24.3 Å². The monoisotopic (exact) mass is 431 g/mol. The van der Waals surface area contributed by atoms with E-state index in [2.05, 4.69) is 29.7 Å². The molecule has 0 saturated heterocycles. The summed E-state index contributed by atoms with van der Waals surface area (Å²) < 4.78 is 80.9. The molecule has 0 bridgehead atoms. The van der Waals surface area contributed by atoms with Crippen molar-refractivity contribution in [3.05, 3.63) is 48.5 Å². The molecule has 1 heterocycles. The van der Waals surface area contributed by atoms with Crippen molar-refractivity contribution in [2.24, 2.45) is 0 Å². The number of hydrogen-bond donors (Lipinski definition) is 2. The lowest BCUT2D eigenvalue weighted by Crippen LogP contribution is -2.17. The molecule has 0 radical (unpaired) electrons. The molecule has 2 aromatic carbocycles. The molecule has 0 aliphatic carbocycles. The van der Waals surface area contributed by atoms with Gasteiger partial charge in [-0.2, -0.15) is 15.0 Å². The third-order valence-corrected chi connectivity index (χ3v) is 3.34. The first kappa shape index (κ1) is 21.0. The Bertz CT molecular complexity index is 1010. The third-order valence-electron chi connectivity index (χ3n) is 3.34. The first-order valence-corrected chi connectivity index (χ1v) is 7.97. The summed E-state index contributed by atoms with van der Waals surface area (Å²) in [6, 6.07) is 9.51. The van der Waals surface area contributed by atoms with Crippen LogP contribution in [0.2, 0.25) is 0 Å². The van der Waals surface area contributed by atoms with Gasteiger partial charge in [0.15, 0.2) is 5.82 Å². The number of rotatable bonds is 5. The normalized spacial score (nSPS) is 11.8. The van der Waals surface area contributed by atoms with Gasteiger partial charge >= 0.3 is 12.7 Å². The molecule has 30 heavy (non-hydrogen) atoms. The highest BCUT2D eigenvalue weighted by Crippen LogP contribution is 2.27. The van der Waals surface area contributed by atoms with E-state index in [1.807, 2.05) is 0 Å². The average molecular weight is 431 g/mol. The van der Waals surface area contributed by atoms with Gasteiger partial charge in [-0.15, -0.1) is 26.3 Å². The highest BCUT2D eigenvalue weighted by Gasteiger charge is 2.31. The van der Waals surface area contributed by atoms with Gasteiger partial charge in [0.25, 0.3) is 0 Å².